The molecular weight excluding hydrogens is 411 g/mol. The van der Waals surface area contributed by atoms with E-state index in [0.717, 1.165) is 56.3 Å². The van der Waals surface area contributed by atoms with Gasteiger partial charge in [0.25, 0.3) is 0 Å². The average molecular weight is 445 g/mol. The zero-order valence-corrected chi connectivity index (χ0v) is 19.4. The molecule has 0 unspecified atom stereocenters. The summed E-state index contributed by atoms with van der Waals surface area (Å²) in [6.45, 7) is 3.92. The van der Waals surface area contributed by atoms with E-state index in [1.807, 2.05) is 31.2 Å². The van der Waals surface area contributed by atoms with Gasteiger partial charge in [-0.15, -0.1) is 0 Å². The van der Waals surface area contributed by atoms with Crippen molar-refractivity contribution in [3.8, 4) is 11.1 Å². The number of unbranched alkanes of at least 4 members (excludes halogenated alkanes) is 1. The lowest BCUT2D eigenvalue weighted by atomic mass is 9.87. The van der Waals surface area contributed by atoms with Crippen LogP contribution in [0.15, 0.2) is 66.7 Å². The number of anilines is 1. The fraction of sp³-hybridized carbons (Fsp3) is 0.345. The van der Waals surface area contributed by atoms with Gasteiger partial charge in [-0.25, -0.2) is 4.39 Å². The normalized spacial score (nSPS) is 14.2. The van der Waals surface area contributed by atoms with Crippen molar-refractivity contribution in [3.63, 3.8) is 0 Å². The maximum atomic E-state index is 14.5. The molecule has 4 rings (SSSR count). The number of hydrogen-bond acceptors (Lipinski definition) is 2. The van der Waals surface area contributed by atoms with E-state index in [4.69, 9.17) is 0 Å². The van der Waals surface area contributed by atoms with Crippen LogP contribution in [-0.4, -0.2) is 19.0 Å². The van der Waals surface area contributed by atoms with Crippen LogP contribution in [0, 0.1) is 12.7 Å². The Bertz CT molecular complexity index is 1070. The van der Waals surface area contributed by atoms with Crippen LogP contribution < -0.4 is 10.6 Å². The molecule has 1 aliphatic rings. The second-order valence-corrected chi connectivity index (χ2v) is 9.03. The summed E-state index contributed by atoms with van der Waals surface area (Å²) in [4.78, 5) is 12.5. The number of carbonyl (C=O) groups excluding carboxylic acids is 1. The summed E-state index contributed by atoms with van der Waals surface area (Å²) < 4.78 is 14.5. The highest BCUT2D eigenvalue weighted by Gasteiger charge is 2.19. The molecule has 0 atom stereocenters. The molecule has 1 heterocycles. The summed E-state index contributed by atoms with van der Waals surface area (Å²) in [6.07, 6.45) is 5.11. The summed E-state index contributed by atoms with van der Waals surface area (Å²) in [5, 5.41) is 6.19. The number of rotatable bonds is 8. The van der Waals surface area contributed by atoms with Crippen LogP contribution >= 0.6 is 0 Å². The van der Waals surface area contributed by atoms with Crippen molar-refractivity contribution < 1.29 is 9.18 Å². The Morgan fingerprint density at radius 1 is 0.970 bits per heavy atom. The molecule has 0 radical (unpaired) electrons. The molecular formula is C29H33FN2O. The third-order valence-electron chi connectivity index (χ3n) is 6.56. The molecule has 0 spiro atoms. The number of benzene rings is 3. The van der Waals surface area contributed by atoms with Gasteiger partial charge in [-0.05, 0) is 98.0 Å². The molecule has 172 valence electrons. The molecule has 3 aromatic carbocycles. The number of nitrogens with one attached hydrogen (secondary N) is 2. The zero-order valence-electron chi connectivity index (χ0n) is 19.4. The smallest absolute Gasteiger partial charge is 0.224 e. The molecule has 0 saturated carbocycles. The lowest BCUT2D eigenvalue weighted by Gasteiger charge is -2.25. The summed E-state index contributed by atoms with van der Waals surface area (Å²) >= 11 is 0. The molecule has 2 N–H and O–H groups in total. The highest BCUT2D eigenvalue weighted by molar-refractivity contribution is 5.91. The van der Waals surface area contributed by atoms with Gasteiger partial charge in [-0.2, -0.15) is 0 Å². The summed E-state index contributed by atoms with van der Waals surface area (Å²) in [5.41, 5.74) is 6.14. The van der Waals surface area contributed by atoms with E-state index in [1.54, 1.807) is 6.07 Å². The predicted molar refractivity (Wildman–Crippen MR) is 134 cm³/mol. The van der Waals surface area contributed by atoms with Gasteiger partial charge in [-0.3, -0.25) is 4.79 Å². The minimum absolute atomic E-state index is 0.118. The van der Waals surface area contributed by atoms with Gasteiger partial charge in [0, 0.05) is 6.42 Å². The van der Waals surface area contributed by atoms with Crippen LogP contribution in [0.2, 0.25) is 0 Å². The maximum absolute atomic E-state index is 14.5. The monoisotopic (exact) mass is 444 g/mol. The number of aryl methyl sites for hydroxylation is 2. The maximum Gasteiger partial charge on any atom is 0.224 e. The average Bonchev–Trinajstić information content (AvgIpc) is 2.85. The molecule has 1 fully saturated rings. The lowest BCUT2D eigenvalue weighted by molar-refractivity contribution is -0.116. The molecule has 3 aromatic rings. The first-order chi connectivity index (χ1) is 16.1. The van der Waals surface area contributed by atoms with Gasteiger partial charge in [0.05, 0.1) is 5.69 Å². The molecule has 0 aliphatic carbocycles. The van der Waals surface area contributed by atoms with Gasteiger partial charge in [0.1, 0.15) is 5.82 Å². The largest absolute Gasteiger partial charge is 0.324 e. The van der Waals surface area contributed by atoms with Gasteiger partial charge in [0.15, 0.2) is 0 Å². The number of piperidine rings is 1. The third-order valence-corrected chi connectivity index (χ3v) is 6.56. The first kappa shape index (κ1) is 23.2. The SMILES string of the molecule is Cc1cc(F)c(NC(=O)CCCCc2cccc(-c3ccccc3)c2)cc1C1CCNCC1. The minimum Gasteiger partial charge on any atom is -0.324 e. The Balaban J connectivity index is 1.29. The minimum atomic E-state index is -0.351. The van der Waals surface area contributed by atoms with Gasteiger partial charge in [-0.1, -0.05) is 54.6 Å². The second-order valence-electron chi connectivity index (χ2n) is 9.03. The van der Waals surface area contributed by atoms with E-state index in [2.05, 4.69) is 47.0 Å². The first-order valence-corrected chi connectivity index (χ1v) is 12.0. The van der Waals surface area contributed by atoms with Gasteiger partial charge >= 0.3 is 0 Å². The predicted octanol–water partition coefficient (Wildman–Crippen LogP) is 6.62. The molecule has 0 bridgehead atoms. The van der Waals surface area contributed by atoms with E-state index >= 15 is 0 Å². The summed E-state index contributed by atoms with van der Waals surface area (Å²) in [6, 6.07) is 22.3. The van der Waals surface area contributed by atoms with Crippen LogP contribution in [0.5, 0.6) is 0 Å². The van der Waals surface area contributed by atoms with Crippen LogP contribution in [-0.2, 0) is 11.2 Å². The number of carbonyl (C=O) groups is 1. The Morgan fingerprint density at radius 2 is 1.73 bits per heavy atom. The van der Waals surface area contributed by atoms with Crippen molar-refractivity contribution in [1.29, 1.82) is 0 Å². The second kappa shape index (κ2) is 11.2. The standard InChI is InChI=1S/C29H33FN2O/c1-21-18-27(30)28(20-26(21)24-14-16-31-17-15-24)32-29(33)13-6-5-8-22-9-7-12-25(19-22)23-10-3-2-4-11-23/h2-4,7,9-12,18-20,24,31H,5-6,8,13-17H2,1H3,(H,32,33). The Labute approximate surface area is 196 Å². The zero-order chi connectivity index (χ0) is 23.0. The molecule has 33 heavy (non-hydrogen) atoms. The van der Waals surface area contributed by atoms with Crippen molar-refractivity contribution in [2.75, 3.05) is 18.4 Å². The van der Waals surface area contributed by atoms with Crippen molar-refractivity contribution in [2.45, 2.75) is 51.4 Å². The third kappa shape index (κ3) is 6.29. The van der Waals surface area contributed by atoms with Crippen molar-refractivity contribution in [2.24, 2.45) is 0 Å². The highest BCUT2D eigenvalue weighted by Crippen LogP contribution is 2.31. The van der Waals surface area contributed by atoms with Gasteiger partial charge in [0.2, 0.25) is 5.91 Å². The fourth-order valence-electron chi connectivity index (χ4n) is 4.72. The van der Waals surface area contributed by atoms with Crippen molar-refractivity contribution >= 4 is 11.6 Å². The molecule has 3 nitrogen and oxygen atoms in total. The summed E-state index contributed by atoms with van der Waals surface area (Å²) in [7, 11) is 0. The number of amides is 1. The topological polar surface area (TPSA) is 41.1 Å². The van der Waals surface area contributed by atoms with Crippen LogP contribution in [0.4, 0.5) is 10.1 Å². The molecule has 0 aromatic heterocycles. The fourth-order valence-corrected chi connectivity index (χ4v) is 4.72. The van der Waals surface area contributed by atoms with E-state index in [9.17, 15) is 9.18 Å². The van der Waals surface area contributed by atoms with E-state index in [1.165, 1.54) is 16.7 Å². The van der Waals surface area contributed by atoms with Crippen LogP contribution in [0.3, 0.4) is 0 Å². The Kier molecular flexibility index (Phi) is 7.90. The lowest BCUT2D eigenvalue weighted by Crippen LogP contribution is -2.27. The summed E-state index contributed by atoms with van der Waals surface area (Å²) in [5.74, 6) is -0.0440. The molecule has 1 aliphatic heterocycles. The molecule has 1 amide bonds. The Morgan fingerprint density at radius 3 is 2.52 bits per heavy atom. The number of hydrogen-bond donors (Lipinski definition) is 2. The Hall–Kier alpha value is -2.98. The first-order valence-electron chi connectivity index (χ1n) is 12.0. The quantitative estimate of drug-likeness (QED) is 0.383. The number of halogens is 1. The van der Waals surface area contributed by atoms with Gasteiger partial charge < -0.3 is 10.6 Å². The van der Waals surface area contributed by atoms with E-state index < -0.39 is 0 Å². The van der Waals surface area contributed by atoms with Crippen LogP contribution in [0.1, 0.15) is 54.7 Å². The highest BCUT2D eigenvalue weighted by atomic mass is 19.1. The van der Waals surface area contributed by atoms with Crippen molar-refractivity contribution in [3.05, 3.63) is 89.2 Å². The molecule has 1 saturated heterocycles. The van der Waals surface area contributed by atoms with Crippen LogP contribution in [0.25, 0.3) is 11.1 Å². The molecule has 4 heteroatoms. The van der Waals surface area contributed by atoms with E-state index in [-0.39, 0.29) is 11.7 Å². The van der Waals surface area contributed by atoms with E-state index in [0.29, 0.717) is 18.0 Å². The van der Waals surface area contributed by atoms with Crippen molar-refractivity contribution in [1.82, 2.24) is 5.32 Å².